The number of benzene rings is 5. The van der Waals surface area contributed by atoms with Crippen LogP contribution in [0, 0.1) is 0 Å². The minimum atomic E-state index is -1.30. The summed E-state index contributed by atoms with van der Waals surface area (Å²) in [6, 6.07) is 20.0. The van der Waals surface area contributed by atoms with Crippen LogP contribution < -0.4 is 16.4 Å². The molecule has 13 heteroatoms. The summed E-state index contributed by atoms with van der Waals surface area (Å²) in [6.45, 7) is -0.00287. The van der Waals surface area contributed by atoms with Gasteiger partial charge in [-0.1, -0.05) is 23.7 Å². The number of phenolic OH excluding ortho intramolecular Hbond substituents is 3. The van der Waals surface area contributed by atoms with Crippen LogP contribution in [0.5, 0.6) is 17.2 Å². The van der Waals surface area contributed by atoms with Crippen molar-refractivity contribution < 1.29 is 34.4 Å². The number of carbonyl (C=O) groups is 2. The number of phenols is 3. The number of nitrogens with zero attached hydrogens (tertiary/aromatic N) is 1. The molecule has 1 aliphatic carbocycles. The molecule has 1 aliphatic heterocycles. The molecule has 48 heavy (non-hydrogen) atoms. The largest absolute Gasteiger partial charge is 0.508 e. The molecule has 238 valence electrons. The van der Waals surface area contributed by atoms with Crippen molar-refractivity contribution in [2.24, 2.45) is 0 Å². The maximum atomic E-state index is 13.3. The molecule has 0 spiro atoms. The van der Waals surface area contributed by atoms with E-state index in [0.29, 0.717) is 33.1 Å². The molecular weight excluding hydrogens is 642 g/mol. The SMILES string of the molecule is O=C(NCc1ccc2[nH]c(=O)n(-c3cc(Cl)c(O)cc3O)c2c1)c1ccc(-c2c3ccc(=O)cc-3oc3cc(O)ccc23)c(C(=O)O)c1. The number of aromatic carboxylic acids is 1. The van der Waals surface area contributed by atoms with Gasteiger partial charge in [0.15, 0.2) is 5.43 Å². The Morgan fingerprint density at radius 2 is 1.65 bits per heavy atom. The molecule has 0 radical (unpaired) electrons. The topological polar surface area (TPSA) is 195 Å². The second-order valence-corrected chi connectivity index (χ2v) is 11.4. The van der Waals surface area contributed by atoms with Gasteiger partial charge in [0.2, 0.25) is 0 Å². The maximum Gasteiger partial charge on any atom is 0.336 e. The third-order valence-electron chi connectivity index (χ3n) is 7.94. The first-order valence-electron chi connectivity index (χ1n) is 14.3. The van der Waals surface area contributed by atoms with Crippen molar-refractivity contribution in [3.05, 3.63) is 127 Å². The molecule has 2 heterocycles. The zero-order valence-electron chi connectivity index (χ0n) is 24.4. The number of aromatic amines is 1. The van der Waals surface area contributed by atoms with E-state index in [1.807, 2.05) is 0 Å². The van der Waals surface area contributed by atoms with E-state index in [2.05, 4.69) is 10.3 Å². The standard InChI is InChI=1S/C35H22ClN3O9/c36-24-13-27(29(43)14-28(24)42)39-26-9-16(1-8-25(26)38-35(39)47)15-37-33(44)17-2-5-20(23(10-17)34(45)46)32-21-6-3-18(40)11-30(21)48-31-12-19(41)4-7-22(31)32/h1-14,40,42-43H,15H2,(H,37,44)(H,38,47)(H,45,46). The maximum absolute atomic E-state index is 13.3. The second-order valence-electron chi connectivity index (χ2n) is 11.0. The number of nitrogens with one attached hydrogen (secondary N) is 2. The number of H-pyrrole nitrogens is 1. The van der Waals surface area contributed by atoms with Crippen LogP contribution in [0.1, 0.15) is 26.3 Å². The van der Waals surface area contributed by atoms with Crippen LogP contribution >= 0.6 is 11.6 Å². The number of fused-ring (bicyclic) bond motifs is 3. The molecule has 0 fully saturated rings. The third-order valence-corrected chi connectivity index (χ3v) is 8.25. The average Bonchev–Trinajstić information content (AvgIpc) is 3.38. The van der Waals surface area contributed by atoms with E-state index in [1.165, 1.54) is 59.2 Å². The molecule has 2 aliphatic rings. The number of rotatable bonds is 6. The van der Waals surface area contributed by atoms with Crippen LogP contribution in [0.4, 0.5) is 0 Å². The Balaban J connectivity index is 1.23. The molecule has 0 saturated heterocycles. The fourth-order valence-electron chi connectivity index (χ4n) is 5.73. The molecule has 5 aromatic rings. The summed E-state index contributed by atoms with van der Waals surface area (Å²) in [4.78, 5) is 53.4. The number of halogens is 1. The van der Waals surface area contributed by atoms with Gasteiger partial charge >= 0.3 is 11.7 Å². The summed E-state index contributed by atoms with van der Waals surface area (Å²) in [5.74, 6) is -2.49. The van der Waals surface area contributed by atoms with Gasteiger partial charge in [0.05, 0.1) is 27.3 Å². The predicted molar refractivity (Wildman–Crippen MR) is 177 cm³/mol. The first-order valence-corrected chi connectivity index (χ1v) is 14.7. The molecule has 0 unspecified atom stereocenters. The van der Waals surface area contributed by atoms with Crippen molar-refractivity contribution in [3.63, 3.8) is 0 Å². The van der Waals surface area contributed by atoms with E-state index in [4.69, 9.17) is 16.0 Å². The highest BCUT2D eigenvalue weighted by atomic mass is 35.5. The van der Waals surface area contributed by atoms with E-state index in [1.54, 1.807) is 24.3 Å². The summed E-state index contributed by atoms with van der Waals surface area (Å²) in [7, 11) is 0. The molecular formula is C35H22ClN3O9. The fraction of sp³-hybridized carbons (Fsp3) is 0.0286. The molecule has 0 bridgehead atoms. The molecule has 1 aromatic heterocycles. The molecule has 7 rings (SSSR count). The molecule has 0 atom stereocenters. The zero-order valence-corrected chi connectivity index (χ0v) is 25.2. The molecule has 4 aromatic carbocycles. The van der Waals surface area contributed by atoms with Gasteiger partial charge in [0.25, 0.3) is 5.91 Å². The van der Waals surface area contributed by atoms with Crippen molar-refractivity contribution in [1.82, 2.24) is 14.9 Å². The lowest BCUT2D eigenvalue weighted by Crippen LogP contribution is -2.23. The number of carbonyl (C=O) groups excluding carboxylic acids is 1. The second kappa shape index (κ2) is 11.4. The minimum absolute atomic E-state index is 0.00287. The van der Waals surface area contributed by atoms with Crippen molar-refractivity contribution in [3.8, 4) is 45.4 Å². The lowest BCUT2D eigenvalue weighted by Gasteiger charge is -2.17. The van der Waals surface area contributed by atoms with Gasteiger partial charge in [-0.2, -0.15) is 0 Å². The Bertz CT molecular complexity index is 2570. The summed E-state index contributed by atoms with van der Waals surface area (Å²) in [5.41, 5.74) is 1.84. The van der Waals surface area contributed by atoms with Crippen LogP contribution in [0.2, 0.25) is 5.02 Å². The highest BCUT2D eigenvalue weighted by Gasteiger charge is 2.23. The number of hydrogen-bond acceptors (Lipinski definition) is 8. The van der Waals surface area contributed by atoms with E-state index in [0.717, 1.165) is 6.07 Å². The highest BCUT2D eigenvalue weighted by Crippen LogP contribution is 2.42. The van der Waals surface area contributed by atoms with Gasteiger partial charge in [-0.25, -0.2) is 9.59 Å². The number of aromatic nitrogens is 2. The zero-order chi connectivity index (χ0) is 33.9. The Labute approximate surface area is 273 Å². The van der Waals surface area contributed by atoms with Gasteiger partial charge in [-0.05, 0) is 65.7 Å². The Kier molecular flexibility index (Phi) is 7.14. The monoisotopic (exact) mass is 663 g/mol. The van der Waals surface area contributed by atoms with Crippen LogP contribution in [0.25, 0.3) is 50.1 Å². The lowest BCUT2D eigenvalue weighted by atomic mass is 9.90. The number of amides is 1. The van der Waals surface area contributed by atoms with Gasteiger partial charge in [0.1, 0.15) is 28.6 Å². The molecule has 1 amide bonds. The third kappa shape index (κ3) is 5.15. The van der Waals surface area contributed by atoms with Gasteiger partial charge in [0, 0.05) is 46.8 Å². The summed E-state index contributed by atoms with van der Waals surface area (Å²) in [6.07, 6.45) is 0. The van der Waals surface area contributed by atoms with Gasteiger partial charge < -0.3 is 35.1 Å². The lowest BCUT2D eigenvalue weighted by molar-refractivity contribution is 0.0697. The van der Waals surface area contributed by atoms with Crippen molar-refractivity contribution in [2.45, 2.75) is 6.54 Å². The van der Waals surface area contributed by atoms with Crippen molar-refractivity contribution in [2.75, 3.05) is 0 Å². The van der Waals surface area contributed by atoms with Crippen LogP contribution in [0.3, 0.4) is 0 Å². The fourth-order valence-corrected chi connectivity index (χ4v) is 5.89. The highest BCUT2D eigenvalue weighted by molar-refractivity contribution is 6.32. The smallest absolute Gasteiger partial charge is 0.336 e. The van der Waals surface area contributed by atoms with Crippen LogP contribution in [-0.4, -0.2) is 41.9 Å². The van der Waals surface area contributed by atoms with Crippen molar-refractivity contribution in [1.29, 1.82) is 0 Å². The normalized spacial score (nSPS) is 11.4. The first-order chi connectivity index (χ1) is 23.0. The number of imidazole rings is 1. The number of hydrogen-bond donors (Lipinski definition) is 6. The Morgan fingerprint density at radius 1 is 0.854 bits per heavy atom. The number of aromatic hydroxyl groups is 3. The van der Waals surface area contributed by atoms with E-state index >= 15 is 0 Å². The summed E-state index contributed by atoms with van der Waals surface area (Å²) < 4.78 is 7.05. The van der Waals surface area contributed by atoms with Crippen LogP contribution in [-0.2, 0) is 6.54 Å². The van der Waals surface area contributed by atoms with Gasteiger partial charge in [-0.15, -0.1) is 0 Å². The predicted octanol–water partition coefficient (Wildman–Crippen LogP) is 5.60. The van der Waals surface area contributed by atoms with E-state index in [9.17, 15) is 39.6 Å². The quantitative estimate of drug-likeness (QED) is 0.123. The Hall–Kier alpha value is -6.53. The van der Waals surface area contributed by atoms with Gasteiger partial charge in [-0.3, -0.25) is 14.2 Å². The minimum Gasteiger partial charge on any atom is -0.508 e. The van der Waals surface area contributed by atoms with Crippen molar-refractivity contribution >= 4 is 45.5 Å². The molecule has 6 N–H and O–H groups in total. The van der Waals surface area contributed by atoms with E-state index in [-0.39, 0.29) is 68.0 Å². The first kappa shape index (κ1) is 30.1. The summed E-state index contributed by atoms with van der Waals surface area (Å²) in [5, 5.41) is 43.7. The van der Waals surface area contributed by atoms with Crippen LogP contribution in [0.15, 0.2) is 98.9 Å². The number of carboxylic acid groups (broad SMARTS) is 1. The molecule has 0 saturated carbocycles. The Morgan fingerprint density at radius 3 is 2.44 bits per heavy atom. The number of carboxylic acids is 1. The summed E-state index contributed by atoms with van der Waals surface area (Å²) >= 11 is 6.02. The molecule has 12 nitrogen and oxygen atoms in total. The average molecular weight is 664 g/mol. The van der Waals surface area contributed by atoms with E-state index < -0.39 is 17.6 Å².